The molecule has 0 rings (SSSR count). The van der Waals surface area contributed by atoms with Crippen LogP contribution in [0.15, 0.2) is 0 Å². The van der Waals surface area contributed by atoms with Gasteiger partial charge in [0.25, 0.3) is 0 Å². The Labute approximate surface area is 91.4 Å². The van der Waals surface area contributed by atoms with Gasteiger partial charge >= 0.3 is 47.3 Å². The summed E-state index contributed by atoms with van der Waals surface area (Å²) in [5, 5.41) is -6.61. The standard InChI is InChI=1S/C3HF7O3S.Ga.3H/c4-1(5,2(6,7)8)3(9,10)14(11,12)13;;;;/h(H,11,12,13);;;;. The third-order valence-electron chi connectivity index (χ3n) is 1.05. The first-order valence-electron chi connectivity index (χ1n) is 2.54. The third kappa shape index (κ3) is 2.79. The second-order valence-electron chi connectivity index (χ2n) is 2.06. The molecule has 15 heavy (non-hydrogen) atoms. The van der Waals surface area contributed by atoms with Crippen molar-refractivity contribution in [2.45, 2.75) is 17.4 Å². The zero-order chi connectivity index (χ0) is 12.0. The topological polar surface area (TPSA) is 54.4 Å². The van der Waals surface area contributed by atoms with Gasteiger partial charge in [-0.05, 0) is 0 Å². The Morgan fingerprint density at radius 1 is 0.867 bits per heavy atom. The predicted octanol–water partition coefficient (Wildman–Crippen LogP) is 0.481. The Morgan fingerprint density at radius 3 is 1.20 bits per heavy atom. The monoisotopic (exact) mass is 322 g/mol. The molecule has 0 atom stereocenters. The van der Waals surface area contributed by atoms with Crippen molar-refractivity contribution < 1.29 is 43.7 Å². The molecule has 3 nitrogen and oxygen atoms in total. The van der Waals surface area contributed by atoms with E-state index in [-0.39, 0.29) is 19.8 Å². The first-order valence-corrected chi connectivity index (χ1v) is 3.98. The van der Waals surface area contributed by atoms with E-state index in [4.69, 9.17) is 4.55 Å². The summed E-state index contributed by atoms with van der Waals surface area (Å²) in [6.07, 6.45) is -6.79. The average Bonchev–Trinajstić information content (AvgIpc) is 1.81. The van der Waals surface area contributed by atoms with Gasteiger partial charge in [-0.1, -0.05) is 0 Å². The van der Waals surface area contributed by atoms with Crippen molar-refractivity contribution in [3.8, 4) is 0 Å². The van der Waals surface area contributed by atoms with E-state index in [2.05, 4.69) is 0 Å². The fourth-order valence-corrected chi connectivity index (χ4v) is 0.767. The van der Waals surface area contributed by atoms with Crippen LogP contribution in [-0.2, 0) is 10.1 Å². The summed E-state index contributed by atoms with van der Waals surface area (Å²) in [5.74, 6) is -6.85. The van der Waals surface area contributed by atoms with Crippen LogP contribution in [0.3, 0.4) is 0 Å². The molecule has 0 aromatic heterocycles. The van der Waals surface area contributed by atoms with Gasteiger partial charge in [-0.2, -0.15) is 39.2 Å². The molecule has 0 aromatic carbocycles. The first kappa shape index (κ1) is 17.5. The molecule has 0 saturated carbocycles. The quantitative estimate of drug-likeness (QED) is 0.457. The van der Waals surface area contributed by atoms with Crippen molar-refractivity contribution >= 4 is 29.9 Å². The van der Waals surface area contributed by atoms with E-state index >= 15 is 0 Å². The zero-order valence-electron chi connectivity index (χ0n) is 5.82. The van der Waals surface area contributed by atoms with Gasteiger partial charge < -0.3 is 0 Å². The molecule has 0 aliphatic heterocycles. The van der Waals surface area contributed by atoms with Crippen molar-refractivity contribution in [1.29, 1.82) is 0 Å². The SMILES string of the molecule is O=S(=O)(O)C(F)(F)C(F)(F)C(F)(F)F.[GaH3]. The summed E-state index contributed by atoms with van der Waals surface area (Å²) in [5.41, 5.74) is 0. The number of alkyl halides is 7. The molecule has 12 heteroatoms. The van der Waals surface area contributed by atoms with E-state index in [1.54, 1.807) is 0 Å². The van der Waals surface area contributed by atoms with E-state index < -0.39 is 27.5 Å². The van der Waals surface area contributed by atoms with Gasteiger partial charge in [0.15, 0.2) is 0 Å². The summed E-state index contributed by atoms with van der Waals surface area (Å²) >= 11 is 0. The van der Waals surface area contributed by atoms with Crippen LogP contribution >= 0.6 is 0 Å². The number of hydrogen-bond donors (Lipinski definition) is 1. The van der Waals surface area contributed by atoms with Crippen molar-refractivity contribution in [2.24, 2.45) is 0 Å². The van der Waals surface area contributed by atoms with Gasteiger partial charge in [0.1, 0.15) is 0 Å². The van der Waals surface area contributed by atoms with Crippen LogP contribution in [0.25, 0.3) is 0 Å². The molecule has 0 spiro atoms. The molecule has 0 aromatic rings. The Bertz CT molecular complexity index is 319. The van der Waals surface area contributed by atoms with Gasteiger partial charge in [-0.15, -0.1) is 0 Å². The Kier molecular flexibility index (Phi) is 4.82. The molecule has 0 aliphatic carbocycles. The van der Waals surface area contributed by atoms with Gasteiger partial charge in [0.05, 0.1) is 0 Å². The van der Waals surface area contributed by atoms with Crippen LogP contribution in [0.2, 0.25) is 0 Å². The fourth-order valence-electron chi connectivity index (χ4n) is 0.327. The molecule has 0 heterocycles. The van der Waals surface area contributed by atoms with E-state index in [9.17, 15) is 39.2 Å². The molecule has 0 amide bonds. The normalized spacial score (nSPS) is 14.7. The molecule has 0 fully saturated rings. The van der Waals surface area contributed by atoms with Crippen LogP contribution in [0.5, 0.6) is 0 Å². The number of hydrogen-bond acceptors (Lipinski definition) is 2. The van der Waals surface area contributed by atoms with E-state index in [0.29, 0.717) is 0 Å². The van der Waals surface area contributed by atoms with Crippen molar-refractivity contribution in [1.82, 2.24) is 0 Å². The molecule has 0 bridgehead atoms. The van der Waals surface area contributed by atoms with Gasteiger partial charge in [-0.3, -0.25) is 4.55 Å². The van der Waals surface area contributed by atoms with Crippen LogP contribution in [0, 0.1) is 0 Å². The third-order valence-corrected chi connectivity index (χ3v) is 1.95. The molecule has 92 valence electrons. The molecular weight excluding hydrogens is 319 g/mol. The summed E-state index contributed by atoms with van der Waals surface area (Å²) in [6, 6.07) is 0. The maximum atomic E-state index is 11.9. The van der Waals surface area contributed by atoms with Crippen molar-refractivity contribution in [3.05, 3.63) is 0 Å². The van der Waals surface area contributed by atoms with E-state index in [1.807, 2.05) is 0 Å². The van der Waals surface area contributed by atoms with E-state index in [1.165, 1.54) is 0 Å². The summed E-state index contributed by atoms with van der Waals surface area (Å²) in [7, 11) is -6.85. The number of rotatable bonds is 2. The van der Waals surface area contributed by atoms with Crippen LogP contribution in [0.4, 0.5) is 30.7 Å². The maximum absolute atomic E-state index is 11.9. The van der Waals surface area contributed by atoms with Gasteiger partial charge in [-0.25, -0.2) is 0 Å². The first-order chi connectivity index (χ1) is 5.75. The molecular formula is C3H4F7GaO3S. The second kappa shape index (κ2) is 4.14. The number of halogens is 7. The zero-order valence-corrected chi connectivity index (χ0v) is 6.63. The molecule has 1 N–H and O–H groups in total. The average molecular weight is 323 g/mol. The molecule has 0 unspecified atom stereocenters. The Morgan fingerprint density at radius 2 is 1.13 bits per heavy atom. The Hall–Kier alpha value is 0.0564. The van der Waals surface area contributed by atoms with Crippen LogP contribution in [0.1, 0.15) is 0 Å². The predicted molar refractivity (Wildman–Crippen MR) is 37.4 cm³/mol. The van der Waals surface area contributed by atoms with Crippen molar-refractivity contribution in [2.75, 3.05) is 0 Å². The summed E-state index contributed by atoms with van der Waals surface area (Å²) < 4.78 is 108. The fraction of sp³-hybridized carbons (Fsp3) is 1.00. The minimum atomic E-state index is -6.85. The second-order valence-corrected chi connectivity index (χ2v) is 3.53. The van der Waals surface area contributed by atoms with E-state index in [0.717, 1.165) is 0 Å². The summed E-state index contributed by atoms with van der Waals surface area (Å²) in [6.45, 7) is 0. The van der Waals surface area contributed by atoms with Crippen LogP contribution < -0.4 is 0 Å². The minimum absolute atomic E-state index is 0. The Balaban J connectivity index is 0. The molecule has 0 radical (unpaired) electrons. The van der Waals surface area contributed by atoms with Crippen molar-refractivity contribution in [3.63, 3.8) is 0 Å². The van der Waals surface area contributed by atoms with Gasteiger partial charge in [0, 0.05) is 0 Å². The molecule has 0 saturated heterocycles. The molecule has 0 aliphatic rings. The van der Waals surface area contributed by atoms with Gasteiger partial charge in [0.2, 0.25) is 0 Å². The van der Waals surface area contributed by atoms with Crippen LogP contribution in [-0.4, -0.2) is 50.1 Å². The summed E-state index contributed by atoms with van der Waals surface area (Å²) in [4.78, 5) is 0.